The highest BCUT2D eigenvalue weighted by Gasteiger charge is 2.03. The van der Waals surface area contributed by atoms with Gasteiger partial charge in [0.15, 0.2) is 0 Å². The van der Waals surface area contributed by atoms with Crippen molar-refractivity contribution in [2.24, 2.45) is 5.92 Å². The van der Waals surface area contributed by atoms with Crippen LogP contribution in [-0.2, 0) is 4.79 Å². The van der Waals surface area contributed by atoms with Gasteiger partial charge in [0.1, 0.15) is 0 Å². The monoisotopic (exact) mass is 474 g/mol. The lowest BCUT2D eigenvalue weighted by Gasteiger charge is -2.07. The van der Waals surface area contributed by atoms with E-state index in [4.69, 9.17) is 20.4 Å². The molecular formula is C28H58O5. The Labute approximate surface area is 205 Å². The normalized spacial score (nSPS) is 10.9. The highest BCUT2D eigenvalue weighted by atomic mass is 16.4. The number of aliphatic hydroxyl groups excluding tert-OH is 3. The third-order valence-electron chi connectivity index (χ3n) is 6.28. The Morgan fingerprint density at radius 2 is 0.879 bits per heavy atom. The lowest BCUT2D eigenvalue weighted by Crippen LogP contribution is -2.11. The van der Waals surface area contributed by atoms with Gasteiger partial charge in [-0.2, -0.15) is 0 Å². The fourth-order valence-electron chi connectivity index (χ4n) is 3.97. The predicted octanol–water partition coefficient (Wildman–Crippen LogP) is 7.25. The van der Waals surface area contributed by atoms with Crippen LogP contribution in [0.2, 0.25) is 0 Å². The third-order valence-corrected chi connectivity index (χ3v) is 6.28. The van der Waals surface area contributed by atoms with Crippen molar-refractivity contribution in [2.45, 2.75) is 148 Å². The topological polar surface area (TPSA) is 98.0 Å². The van der Waals surface area contributed by atoms with Gasteiger partial charge in [-0.3, -0.25) is 4.79 Å². The minimum absolute atomic E-state index is 0.0104. The summed E-state index contributed by atoms with van der Waals surface area (Å²) in [4.78, 5) is 10.4. The average Bonchev–Trinajstić information content (AvgIpc) is 2.81. The van der Waals surface area contributed by atoms with Gasteiger partial charge in [0.2, 0.25) is 0 Å². The van der Waals surface area contributed by atoms with E-state index in [-0.39, 0.29) is 25.7 Å². The SMILES string of the molecule is CCCCCCCCCCCCCCCCCCCCCC(=O)O.OCCCC(CO)CO. The number of carbonyl (C=O) groups is 1. The Hall–Kier alpha value is -0.650. The second-order valence-electron chi connectivity index (χ2n) is 9.60. The van der Waals surface area contributed by atoms with Crippen LogP contribution in [0.4, 0.5) is 0 Å². The predicted molar refractivity (Wildman–Crippen MR) is 140 cm³/mol. The molecule has 200 valence electrons. The average molecular weight is 475 g/mol. The highest BCUT2D eigenvalue weighted by molar-refractivity contribution is 5.66. The van der Waals surface area contributed by atoms with Gasteiger partial charge in [0.25, 0.3) is 0 Å². The largest absolute Gasteiger partial charge is 0.481 e. The lowest BCUT2D eigenvalue weighted by molar-refractivity contribution is -0.137. The fraction of sp³-hybridized carbons (Fsp3) is 0.964. The quantitative estimate of drug-likeness (QED) is 0.104. The molecule has 0 aliphatic carbocycles. The van der Waals surface area contributed by atoms with E-state index in [9.17, 15) is 4.79 Å². The molecule has 0 amide bonds. The number of hydrogen-bond donors (Lipinski definition) is 4. The molecule has 5 heteroatoms. The van der Waals surface area contributed by atoms with E-state index in [1.165, 1.54) is 109 Å². The van der Waals surface area contributed by atoms with Crippen LogP contribution in [0.1, 0.15) is 148 Å². The van der Waals surface area contributed by atoms with Crippen molar-refractivity contribution in [1.82, 2.24) is 0 Å². The first kappa shape index (κ1) is 34.5. The molecule has 0 aliphatic heterocycles. The number of unbranched alkanes of at least 4 members (excludes halogenated alkanes) is 18. The summed E-state index contributed by atoms with van der Waals surface area (Å²) < 4.78 is 0. The van der Waals surface area contributed by atoms with Crippen molar-refractivity contribution in [2.75, 3.05) is 19.8 Å². The summed E-state index contributed by atoms with van der Waals surface area (Å²) >= 11 is 0. The lowest BCUT2D eigenvalue weighted by atomic mass is 10.0. The van der Waals surface area contributed by atoms with E-state index in [1.807, 2.05) is 0 Å². The first-order chi connectivity index (χ1) is 16.1. The maximum absolute atomic E-state index is 10.4. The molecule has 0 bridgehead atoms. The van der Waals surface area contributed by atoms with Crippen molar-refractivity contribution in [3.05, 3.63) is 0 Å². The maximum atomic E-state index is 10.4. The minimum atomic E-state index is -0.651. The fourth-order valence-corrected chi connectivity index (χ4v) is 3.97. The molecule has 0 unspecified atom stereocenters. The summed E-state index contributed by atoms with van der Waals surface area (Å²) in [5.74, 6) is -0.695. The number of hydrogen-bond acceptors (Lipinski definition) is 4. The zero-order chi connectivity index (χ0) is 24.8. The highest BCUT2D eigenvalue weighted by Crippen LogP contribution is 2.14. The Kier molecular flexibility index (Phi) is 32.8. The summed E-state index contributed by atoms with van der Waals surface area (Å²) in [7, 11) is 0. The molecule has 0 aromatic carbocycles. The molecular weight excluding hydrogens is 416 g/mol. The molecule has 0 atom stereocenters. The third kappa shape index (κ3) is 33.6. The van der Waals surface area contributed by atoms with Crippen LogP contribution in [0.15, 0.2) is 0 Å². The van der Waals surface area contributed by atoms with E-state index in [0.717, 1.165) is 12.8 Å². The smallest absolute Gasteiger partial charge is 0.303 e. The van der Waals surface area contributed by atoms with Crippen molar-refractivity contribution in [1.29, 1.82) is 0 Å². The van der Waals surface area contributed by atoms with E-state index in [2.05, 4.69) is 6.92 Å². The Morgan fingerprint density at radius 1 is 0.545 bits per heavy atom. The Bertz CT molecular complexity index is 358. The minimum Gasteiger partial charge on any atom is -0.481 e. The number of aliphatic hydroxyl groups is 3. The van der Waals surface area contributed by atoms with Crippen LogP contribution >= 0.6 is 0 Å². The molecule has 0 aromatic heterocycles. The zero-order valence-corrected chi connectivity index (χ0v) is 22.0. The second kappa shape index (κ2) is 31.4. The summed E-state index contributed by atoms with van der Waals surface area (Å²) in [6.45, 7) is 2.44. The number of carboxylic acids is 1. The van der Waals surface area contributed by atoms with E-state index in [1.54, 1.807) is 0 Å². The summed E-state index contributed by atoms with van der Waals surface area (Å²) in [6, 6.07) is 0. The summed E-state index contributed by atoms with van der Waals surface area (Å²) in [5, 5.41) is 33.9. The van der Waals surface area contributed by atoms with E-state index in [0.29, 0.717) is 19.3 Å². The van der Waals surface area contributed by atoms with Crippen LogP contribution in [-0.4, -0.2) is 46.2 Å². The van der Waals surface area contributed by atoms with Gasteiger partial charge >= 0.3 is 5.97 Å². The van der Waals surface area contributed by atoms with Crippen LogP contribution < -0.4 is 0 Å². The van der Waals surface area contributed by atoms with Crippen LogP contribution in [0.25, 0.3) is 0 Å². The summed E-state index contributed by atoms with van der Waals surface area (Å²) in [6.07, 6.45) is 27.5. The molecule has 0 radical (unpaired) electrons. The van der Waals surface area contributed by atoms with Gasteiger partial charge in [-0.15, -0.1) is 0 Å². The van der Waals surface area contributed by atoms with E-state index < -0.39 is 5.97 Å². The number of aliphatic carboxylic acids is 1. The van der Waals surface area contributed by atoms with Gasteiger partial charge in [0, 0.05) is 32.2 Å². The van der Waals surface area contributed by atoms with Gasteiger partial charge in [0.05, 0.1) is 0 Å². The number of rotatable bonds is 25. The molecule has 0 spiro atoms. The summed E-state index contributed by atoms with van der Waals surface area (Å²) in [5.41, 5.74) is 0. The van der Waals surface area contributed by atoms with Crippen molar-refractivity contribution < 1.29 is 25.2 Å². The van der Waals surface area contributed by atoms with Gasteiger partial charge in [-0.1, -0.05) is 122 Å². The Morgan fingerprint density at radius 3 is 1.15 bits per heavy atom. The van der Waals surface area contributed by atoms with E-state index >= 15 is 0 Å². The van der Waals surface area contributed by atoms with Crippen molar-refractivity contribution in [3.63, 3.8) is 0 Å². The molecule has 0 saturated heterocycles. The molecule has 0 heterocycles. The molecule has 0 aromatic rings. The van der Waals surface area contributed by atoms with Crippen molar-refractivity contribution in [3.8, 4) is 0 Å². The molecule has 33 heavy (non-hydrogen) atoms. The molecule has 0 aliphatic rings. The Balaban J connectivity index is 0. The molecule has 5 nitrogen and oxygen atoms in total. The molecule has 0 rings (SSSR count). The second-order valence-corrected chi connectivity index (χ2v) is 9.60. The molecule has 4 N–H and O–H groups in total. The molecule has 0 fully saturated rings. The maximum Gasteiger partial charge on any atom is 0.303 e. The first-order valence-electron chi connectivity index (χ1n) is 14.2. The molecule has 0 saturated carbocycles. The zero-order valence-electron chi connectivity index (χ0n) is 22.0. The van der Waals surface area contributed by atoms with Crippen LogP contribution in [0.3, 0.4) is 0 Å². The van der Waals surface area contributed by atoms with Crippen LogP contribution in [0.5, 0.6) is 0 Å². The van der Waals surface area contributed by atoms with Gasteiger partial charge in [-0.05, 0) is 19.3 Å². The number of carboxylic acid groups (broad SMARTS) is 1. The van der Waals surface area contributed by atoms with Gasteiger partial charge < -0.3 is 20.4 Å². The van der Waals surface area contributed by atoms with Crippen LogP contribution in [0, 0.1) is 5.92 Å². The van der Waals surface area contributed by atoms with Gasteiger partial charge in [-0.25, -0.2) is 0 Å². The first-order valence-corrected chi connectivity index (χ1v) is 14.2. The van der Waals surface area contributed by atoms with Crippen molar-refractivity contribution >= 4 is 5.97 Å². The standard InChI is InChI=1S/C22H44O2.C6H14O3/c1-2-3-4-5-6-7-8-9-10-11-12-13-14-15-16-17-18-19-20-21-22(23)24;7-3-1-2-6(4-8)5-9/h2-21H2,1H3,(H,23,24);6-9H,1-5H2.